The van der Waals surface area contributed by atoms with Gasteiger partial charge < -0.3 is 29.7 Å². The average molecular weight is 538 g/mol. The number of rotatable bonds is 7. The lowest BCUT2D eigenvalue weighted by Gasteiger charge is -2.32. The number of hydrogen-bond donors (Lipinski definition) is 2. The highest BCUT2D eigenvalue weighted by atomic mass is 16.5. The number of nitrogens with zero attached hydrogens (tertiary/aromatic N) is 3. The van der Waals surface area contributed by atoms with E-state index in [4.69, 9.17) is 4.74 Å². The van der Waals surface area contributed by atoms with Gasteiger partial charge in [-0.15, -0.1) is 0 Å². The third-order valence-electron chi connectivity index (χ3n) is 8.19. The molecule has 2 aliphatic heterocycles. The number of likely N-dealkylation sites (N-methyl/N-ethyl adjacent to an activating group) is 1. The van der Waals surface area contributed by atoms with Crippen LogP contribution in [0.3, 0.4) is 0 Å². The molecule has 7 nitrogen and oxygen atoms in total. The highest BCUT2D eigenvalue weighted by molar-refractivity contribution is 6.08. The minimum atomic E-state index is -0.00160. The van der Waals surface area contributed by atoms with E-state index >= 15 is 0 Å². The van der Waals surface area contributed by atoms with Crippen LogP contribution in [0.1, 0.15) is 30.1 Å². The minimum absolute atomic E-state index is 0.00160. The number of aromatic nitrogens is 1. The Hall–Kier alpha value is -3.81. The zero-order valence-electron chi connectivity index (χ0n) is 23.5. The summed E-state index contributed by atoms with van der Waals surface area (Å²) >= 11 is 0. The van der Waals surface area contributed by atoms with Gasteiger partial charge in [0, 0.05) is 68.2 Å². The number of amides is 1. The SMILES string of the molecule is C[C@H]1CCN(C(=O)c2ccc(-c3ccc4[nH]ccc4c3)c(OCCCN3CCN(C)CC3)c2)c2ccccc2N1. The molecule has 40 heavy (non-hydrogen) atoms. The summed E-state index contributed by atoms with van der Waals surface area (Å²) in [4.78, 5) is 24.0. The first-order valence-corrected chi connectivity index (χ1v) is 14.5. The highest BCUT2D eigenvalue weighted by Crippen LogP contribution is 2.35. The lowest BCUT2D eigenvalue weighted by atomic mass is 10.0. The summed E-state index contributed by atoms with van der Waals surface area (Å²) < 4.78 is 6.46. The molecule has 1 saturated heterocycles. The molecule has 1 atom stereocenters. The van der Waals surface area contributed by atoms with Crippen molar-refractivity contribution in [1.29, 1.82) is 0 Å². The Morgan fingerprint density at radius 3 is 2.70 bits per heavy atom. The highest BCUT2D eigenvalue weighted by Gasteiger charge is 2.25. The Bertz CT molecular complexity index is 1470. The predicted molar refractivity (Wildman–Crippen MR) is 164 cm³/mol. The van der Waals surface area contributed by atoms with Crippen molar-refractivity contribution >= 4 is 28.2 Å². The van der Waals surface area contributed by atoms with Gasteiger partial charge in [0.25, 0.3) is 5.91 Å². The zero-order valence-corrected chi connectivity index (χ0v) is 23.5. The molecule has 4 aromatic rings. The third kappa shape index (κ3) is 5.71. The van der Waals surface area contributed by atoms with Gasteiger partial charge in [0.1, 0.15) is 5.75 Å². The van der Waals surface area contributed by atoms with Crippen molar-refractivity contribution in [2.24, 2.45) is 0 Å². The van der Waals surface area contributed by atoms with E-state index in [1.54, 1.807) is 0 Å². The van der Waals surface area contributed by atoms with Gasteiger partial charge in [-0.1, -0.05) is 18.2 Å². The Morgan fingerprint density at radius 1 is 0.975 bits per heavy atom. The molecule has 2 N–H and O–H groups in total. The van der Waals surface area contributed by atoms with Crippen LogP contribution in [0.15, 0.2) is 72.9 Å². The summed E-state index contributed by atoms with van der Waals surface area (Å²) in [7, 11) is 2.18. The van der Waals surface area contributed by atoms with Crippen LogP contribution in [0.4, 0.5) is 11.4 Å². The summed E-state index contributed by atoms with van der Waals surface area (Å²) in [5.74, 6) is 0.756. The van der Waals surface area contributed by atoms with Gasteiger partial charge in [-0.2, -0.15) is 0 Å². The number of hydrogen-bond acceptors (Lipinski definition) is 5. The van der Waals surface area contributed by atoms with Crippen LogP contribution in [-0.2, 0) is 0 Å². The first-order valence-electron chi connectivity index (χ1n) is 14.5. The van der Waals surface area contributed by atoms with Gasteiger partial charge in [-0.05, 0) is 86.3 Å². The molecule has 0 bridgehead atoms. The van der Waals surface area contributed by atoms with Gasteiger partial charge in [-0.3, -0.25) is 4.79 Å². The van der Waals surface area contributed by atoms with Gasteiger partial charge in [0.05, 0.1) is 18.0 Å². The van der Waals surface area contributed by atoms with E-state index in [1.807, 2.05) is 53.6 Å². The van der Waals surface area contributed by atoms with Crippen LogP contribution in [0.2, 0.25) is 0 Å². The Balaban J connectivity index is 1.26. The normalized spacial score (nSPS) is 18.2. The summed E-state index contributed by atoms with van der Waals surface area (Å²) in [5, 5.41) is 4.70. The molecule has 0 aliphatic carbocycles. The summed E-state index contributed by atoms with van der Waals surface area (Å²) in [6.45, 7) is 8.89. The quantitative estimate of drug-likeness (QED) is 0.296. The van der Waals surface area contributed by atoms with E-state index in [-0.39, 0.29) is 5.91 Å². The Morgan fingerprint density at radius 2 is 1.82 bits per heavy atom. The van der Waals surface area contributed by atoms with Crippen LogP contribution in [-0.4, -0.2) is 79.7 Å². The molecule has 3 heterocycles. The number of fused-ring (bicyclic) bond motifs is 2. The molecular weight excluding hydrogens is 498 g/mol. The molecule has 0 radical (unpaired) electrons. The first kappa shape index (κ1) is 26.4. The second-order valence-corrected chi connectivity index (χ2v) is 11.1. The number of para-hydroxylation sites is 2. The molecule has 1 fully saturated rings. The molecule has 0 saturated carbocycles. The van der Waals surface area contributed by atoms with Crippen LogP contribution >= 0.6 is 0 Å². The number of carbonyl (C=O) groups is 1. The van der Waals surface area contributed by atoms with E-state index < -0.39 is 0 Å². The van der Waals surface area contributed by atoms with Crippen molar-refractivity contribution in [2.45, 2.75) is 25.8 Å². The van der Waals surface area contributed by atoms with Crippen LogP contribution in [0.25, 0.3) is 22.0 Å². The molecule has 2 aliphatic rings. The topological polar surface area (TPSA) is 63.8 Å². The fourth-order valence-corrected chi connectivity index (χ4v) is 5.75. The fourth-order valence-electron chi connectivity index (χ4n) is 5.75. The smallest absolute Gasteiger partial charge is 0.258 e. The standard InChI is InChI=1S/C33H39N5O2/c1-24-13-16-38(31-7-4-3-6-30(31)35-24)33(39)27-8-10-28(25-9-11-29-26(22-25)12-14-34-29)32(23-27)40-21-5-15-37-19-17-36(2)18-20-37/h3-4,6-12,14,22-24,34-35H,5,13,15-21H2,1-2H3/t24-/m0/s1. The van der Waals surface area contributed by atoms with Crippen molar-refractivity contribution in [3.05, 3.63) is 78.5 Å². The minimum Gasteiger partial charge on any atom is -0.493 e. The van der Waals surface area contributed by atoms with Crippen molar-refractivity contribution in [1.82, 2.24) is 14.8 Å². The second-order valence-electron chi connectivity index (χ2n) is 11.1. The average Bonchev–Trinajstić information content (AvgIpc) is 3.38. The zero-order chi connectivity index (χ0) is 27.5. The van der Waals surface area contributed by atoms with Gasteiger partial charge in [0.2, 0.25) is 0 Å². The lowest BCUT2D eigenvalue weighted by Crippen LogP contribution is -2.44. The summed E-state index contributed by atoms with van der Waals surface area (Å²) in [5.41, 5.74) is 5.76. The third-order valence-corrected chi connectivity index (χ3v) is 8.19. The molecule has 0 spiro atoms. The van der Waals surface area contributed by atoms with Gasteiger partial charge in [-0.25, -0.2) is 0 Å². The number of H-pyrrole nitrogens is 1. The number of nitrogens with one attached hydrogen (secondary N) is 2. The van der Waals surface area contributed by atoms with Crippen molar-refractivity contribution in [3.8, 4) is 16.9 Å². The molecular formula is C33H39N5O2. The monoisotopic (exact) mass is 537 g/mol. The number of piperazine rings is 1. The molecule has 1 aromatic heterocycles. The Labute approximate surface area is 236 Å². The first-order chi connectivity index (χ1) is 19.5. The summed E-state index contributed by atoms with van der Waals surface area (Å²) in [6.07, 6.45) is 3.78. The number of anilines is 2. The van der Waals surface area contributed by atoms with Gasteiger partial charge >= 0.3 is 0 Å². The van der Waals surface area contributed by atoms with E-state index in [0.29, 0.717) is 24.8 Å². The predicted octanol–water partition coefficient (Wildman–Crippen LogP) is 5.70. The second kappa shape index (κ2) is 11.7. The van der Waals surface area contributed by atoms with Crippen LogP contribution < -0.4 is 15.0 Å². The number of ether oxygens (including phenoxy) is 1. The van der Waals surface area contributed by atoms with E-state index in [0.717, 1.165) is 84.7 Å². The molecule has 0 unspecified atom stereocenters. The maximum absolute atomic E-state index is 14.0. The van der Waals surface area contributed by atoms with Crippen molar-refractivity contribution < 1.29 is 9.53 Å². The molecule has 6 rings (SSSR count). The number of aromatic amines is 1. The fraction of sp³-hybridized carbons (Fsp3) is 0.364. The largest absolute Gasteiger partial charge is 0.493 e. The van der Waals surface area contributed by atoms with Crippen LogP contribution in [0.5, 0.6) is 5.75 Å². The van der Waals surface area contributed by atoms with E-state index in [1.165, 1.54) is 0 Å². The molecule has 208 valence electrons. The van der Waals surface area contributed by atoms with E-state index in [9.17, 15) is 4.79 Å². The maximum Gasteiger partial charge on any atom is 0.258 e. The number of carbonyl (C=O) groups excluding carboxylic acids is 1. The van der Waals surface area contributed by atoms with Crippen LogP contribution in [0, 0.1) is 0 Å². The number of benzene rings is 3. The molecule has 1 amide bonds. The molecule has 3 aromatic carbocycles. The van der Waals surface area contributed by atoms with Crippen molar-refractivity contribution in [3.63, 3.8) is 0 Å². The maximum atomic E-state index is 14.0. The van der Waals surface area contributed by atoms with Crippen molar-refractivity contribution in [2.75, 3.05) is 63.1 Å². The lowest BCUT2D eigenvalue weighted by molar-refractivity contribution is 0.0986. The Kier molecular flexibility index (Phi) is 7.75. The van der Waals surface area contributed by atoms with E-state index in [2.05, 4.69) is 58.3 Å². The van der Waals surface area contributed by atoms with Gasteiger partial charge in [0.15, 0.2) is 0 Å². The molecule has 7 heteroatoms. The summed E-state index contributed by atoms with van der Waals surface area (Å²) in [6, 6.07) is 22.8.